The molecule has 0 spiro atoms. The van der Waals surface area contributed by atoms with Gasteiger partial charge in [0.15, 0.2) is 11.5 Å². The van der Waals surface area contributed by atoms with Crippen LogP contribution >= 0.6 is 11.8 Å². The average molecular weight is 248 g/mol. The van der Waals surface area contributed by atoms with Gasteiger partial charge in [-0.1, -0.05) is 0 Å². The molecule has 16 heavy (non-hydrogen) atoms. The van der Waals surface area contributed by atoms with Gasteiger partial charge in [0.05, 0.1) is 0 Å². The molecule has 0 heterocycles. The van der Waals surface area contributed by atoms with E-state index in [0.717, 1.165) is 0 Å². The van der Waals surface area contributed by atoms with Gasteiger partial charge in [-0.2, -0.15) is 8.78 Å². The number of benzene rings is 1. The second-order valence-corrected chi connectivity index (χ2v) is 3.57. The molecule has 3 nitrogen and oxygen atoms in total. The monoisotopic (exact) mass is 248 g/mol. The lowest BCUT2D eigenvalue weighted by molar-refractivity contribution is -0.0512. The Kier molecular flexibility index (Phi) is 5.04. The maximum atomic E-state index is 12.1. The first-order valence-electron chi connectivity index (χ1n) is 4.33. The van der Waals surface area contributed by atoms with Crippen molar-refractivity contribution in [1.29, 1.82) is 0 Å². The summed E-state index contributed by atoms with van der Waals surface area (Å²) in [5, 5.41) is 0. The van der Waals surface area contributed by atoms with Crippen molar-refractivity contribution < 1.29 is 23.0 Å². The molecule has 0 N–H and O–H groups in total. The van der Waals surface area contributed by atoms with Crippen LogP contribution in [0.2, 0.25) is 0 Å². The molecular weight excluding hydrogens is 238 g/mol. The van der Waals surface area contributed by atoms with Crippen LogP contribution in [0.15, 0.2) is 18.2 Å². The molecule has 1 rings (SSSR count). The Bertz CT molecular complexity index is 358. The summed E-state index contributed by atoms with van der Waals surface area (Å²) < 4.78 is 33.5. The molecule has 0 fully saturated rings. The zero-order chi connectivity index (χ0) is 12.0. The van der Waals surface area contributed by atoms with Crippen LogP contribution in [-0.4, -0.2) is 25.1 Å². The number of halogens is 2. The topological polar surface area (TPSA) is 35.5 Å². The van der Waals surface area contributed by atoms with Crippen LogP contribution in [0.25, 0.3) is 0 Å². The number of alkyl halides is 2. The zero-order valence-corrected chi connectivity index (χ0v) is 9.30. The third kappa shape index (κ3) is 3.69. The average Bonchev–Trinajstić information content (AvgIpc) is 2.27. The summed E-state index contributed by atoms with van der Waals surface area (Å²) in [6.07, 6.45) is 2.41. The maximum Gasteiger partial charge on any atom is 0.387 e. The highest BCUT2D eigenvalue weighted by Gasteiger charge is 2.11. The molecule has 0 aliphatic carbocycles. The van der Waals surface area contributed by atoms with E-state index in [2.05, 4.69) is 4.74 Å². The van der Waals surface area contributed by atoms with Crippen LogP contribution < -0.4 is 9.47 Å². The van der Waals surface area contributed by atoms with Crippen LogP contribution in [0.4, 0.5) is 8.78 Å². The summed E-state index contributed by atoms with van der Waals surface area (Å²) in [7, 11) is 0. The molecule has 6 heteroatoms. The summed E-state index contributed by atoms with van der Waals surface area (Å²) in [6.45, 7) is -2.92. The van der Waals surface area contributed by atoms with E-state index in [1.54, 1.807) is 6.26 Å². The summed E-state index contributed by atoms with van der Waals surface area (Å²) in [4.78, 5) is 10.5. The van der Waals surface area contributed by atoms with E-state index in [9.17, 15) is 13.6 Å². The number of aldehydes is 1. The fraction of sp³-hybridized carbons (Fsp3) is 0.300. The Morgan fingerprint density at radius 2 is 2.19 bits per heavy atom. The van der Waals surface area contributed by atoms with Gasteiger partial charge in [-0.05, 0) is 24.5 Å². The van der Waals surface area contributed by atoms with Gasteiger partial charge in [0.1, 0.15) is 12.2 Å². The van der Waals surface area contributed by atoms with Crippen LogP contribution in [0.5, 0.6) is 11.5 Å². The molecule has 0 amide bonds. The van der Waals surface area contributed by atoms with Crippen LogP contribution in [0, 0.1) is 0 Å². The molecule has 0 atom stereocenters. The second kappa shape index (κ2) is 6.32. The van der Waals surface area contributed by atoms with Crippen molar-refractivity contribution >= 4 is 18.0 Å². The van der Waals surface area contributed by atoms with Crippen molar-refractivity contribution in [3.05, 3.63) is 23.8 Å². The predicted molar refractivity (Wildman–Crippen MR) is 57.5 cm³/mol. The lowest BCUT2D eigenvalue weighted by Crippen LogP contribution is -2.04. The quantitative estimate of drug-likeness (QED) is 0.573. The minimum Gasteiger partial charge on any atom is -0.479 e. The van der Waals surface area contributed by atoms with E-state index in [-0.39, 0.29) is 11.5 Å². The lowest BCUT2D eigenvalue weighted by Gasteiger charge is -2.11. The minimum absolute atomic E-state index is 0.0744. The van der Waals surface area contributed by atoms with E-state index in [0.29, 0.717) is 17.8 Å². The fourth-order valence-electron chi connectivity index (χ4n) is 1.03. The van der Waals surface area contributed by atoms with E-state index < -0.39 is 6.61 Å². The van der Waals surface area contributed by atoms with Crippen LogP contribution in [0.3, 0.4) is 0 Å². The molecule has 0 unspecified atom stereocenters. The number of ether oxygens (including phenoxy) is 2. The molecule has 0 saturated heterocycles. The Morgan fingerprint density at radius 1 is 1.44 bits per heavy atom. The molecule has 0 aliphatic rings. The largest absolute Gasteiger partial charge is 0.479 e. The molecule has 0 bridgehead atoms. The Balaban J connectivity index is 2.91. The maximum absolute atomic E-state index is 12.1. The molecule has 1 aromatic carbocycles. The van der Waals surface area contributed by atoms with Gasteiger partial charge >= 0.3 is 6.61 Å². The van der Waals surface area contributed by atoms with Crippen molar-refractivity contribution in [2.75, 3.05) is 12.2 Å². The Morgan fingerprint density at radius 3 is 2.75 bits per heavy atom. The summed E-state index contributed by atoms with van der Waals surface area (Å²) >= 11 is 1.38. The number of carbonyl (C=O) groups excluding carboxylic acids is 1. The van der Waals surface area contributed by atoms with Gasteiger partial charge in [-0.15, -0.1) is 11.8 Å². The molecule has 0 aromatic heterocycles. The normalized spacial score (nSPS) is 10.2. The van der Waals surface area contributed by atoms with Crippen molar-refractivity contribution in [2.45, 2.75) is 6.61 Å². The summed E-state index contributed by atoms with van der Waals surface area (Å²) in [5.41, 5.74) is 0.345. The van der Waals surface area contributed by atoms with E-state index >= 15 is 0 Å². The second-order valence-electron chi connectivity index (χ2n) is 2.75. The highest BCUT2D eigenvalue weighted by molar-refractivity contribution is 7.98. The summed E-state index contributed by atoms with van der Waals surface area (Å²) in [6, 6.07) is 4.03. The third-order valence-electron chi connectivity index (χ3n) is 1.65. The smallest absolute Gasteiger partial charge is 0.387 e. The van der Waals surface area contributed by atoms with Gasteiger partial charge in [0.2, 0.25) is 0 Å². The lowest BCUT2D eigenvalue weighted by atomic mass is 10.2. The number of hydrogen-bond donors (Lipinski definition) is 0. The van der Waals surface area contributed by atoms with Gasteiger partial charge < -0.3 is 9.47 Å². The van der Waals surface area contributed by atoms with Crippen LogP contribution in [-0.2, 0) is 0 Å². The number of carbonyl (C=O) groups is 1. The van der Waals surface area contributed by atoms with E-state index in [1.807, 2.05) is 0 Å². The molecule has 1 aromatic rings. The molecule has 0 radical (unpaired) electrons. The van der Waals surface area contributed by atoms with Crippen LogP contribution in [0.1, 0.15) is 10.4 Å². The summed E-state index contributed by atoms with van der Waals surface area (Å²) in [5.74, 6) is 0.357. The fourth-order valence-corrected chi connectivity index (χ4v) is 1.27. The van der Waals surface area contributed by atoms with E-state index in [1.165, 1.54) is 30.0 Å². The van der Waals surface area contributed by atoms with Gasteiger partial charge in [0, 0.05) is 5.56 Å². The highest BCUT2D eigenvalue weighted by Crippen LogP contribution is 2.29. The van der Waals surface area contributed by atoms with Gasteiger partial charge in [0.25, 0.3) is 0 Å². The highest BCUT2D eigenvalue weighted by atomic mass is 32.2. The van der Waals surface area contributed by atoms with Crippen molar-refractivity contribution in [1.82, 2.24) is 0 Å². The molecule has 0 saturated carbocycles. The van der Waals surface area contributed by atoms with E-state index in [4.69, 9.17) is 4.74 Å². The SMILES string of the molecule is CSCOc1cc(C=O)ccc1OC(F)F. The molecule has 0 aliphatic heterocycles. The van der Waals surface area contributed by atoms with Gasteiger partial charge in [-0.25, -0.2) is 0 Å². The predicted octanol–water partition coefficient (Wildman–Crippen LogP) is 2.80. The van der Waals surface area contributed by atoms with Crippen molar-refractivity contribution in [3.8, 4) is 11.5 Å². The third-order valence-corrected chi connectivity index (χ3v) is 2.01. The Hall–Kier alpha value is -1.30. The number of hydrogen-bond acceptors (Lipinski definition) is 4. The first-order valence-corrected chi connectivity index (χ1v) is 5.72. The first-order chi connectivity index (χ1) is 7.67. The van der Waals surface area contributed by atoms with Crippen molar-refractivity contribution in [3.63, 3.8) is 0 Å². The Labute approximate surface area is 95.7 Å². The molecule has 88 valence electrons. The standard InChI is InChI=1S/C10H10F2O3S/c1-16-6-14-9-4-7(5-13)2-3-8(9)15-10(11)12/h2-5,10H,6H2,1H3. The van der Waals surface area contributed by atoms with Gasteiger partial charge in [-0.3, -0.25) is 4.79 Å². The minimum atomic E-state index is -2.92. The first kappa shape index (κ1) is 12.8. The van der Waals surface area contributed by atoms with Crippen molar-refractivity contribution in [2.24, 2.45) is 0 Å². The number of thioether (sulfide) groups is 1. The zero-order valence-electron chi connectivity index (χ0n) is 8.48. The molecular formula is C10H10F2O3S. The number of rotatable bonds is 6.